The Balaban J connectivity index is 1.37. The molecule has 3 aromatic carbocycles. The molecule has 230 valence electrons. The quantitative estimate of drug-likeness (QED) is 0.214. The number of aromatic carboxylic acids is 1. The number of H-pyrrole nitrogens is 1. The van der Waals surface area contributed by atoms with E-state index in [1.54, 1.807) is 16.7 Å². The largest absolute Gasteiger partial charge is 0.493 e. The van der Waals surface area contributed by atoms with Crippen molar-refractivity contribution in [3.63, 3.8) is 0 Å². The molecule has 1 saturated carbocycles. The Bertz CT molecular complexity index is 1950. The lowest BCUT2D eigenvalue weighted by Gasteiger charge is -2.21. The van der Waals surface area contributed by atoms with Crippen molar-refractivity contribution in [2.75, 3.05) is 13.4 Å². The number of aromatic amines is 1. The maximum Gasteiger partial charge on any atom is 0.352 e. The van der Waals surface area contributed by atoms with E-state index in [9.17, 15) is 14.7 Å². The number of ether oxygens (including phenoxy) is 3. The van der Waals surface area contributed by atoms with Gasteiger partial charge in [0.25, 0.3) is 0 Å². The molecule has 0 amide bonds. The monoisotopic (exact) mass is 607 g/mol. The molecule has 11 nitrogen and oxygen atoms in total. The van der Waals surface area contributed by atoms with Crippen molar-refractivity contribution in [2.45, 2.75) is 52.0 Å². The van der Waals surface area contributed by atoms with Gasteiger partial charge in [-0.15, -0.1) is 10.2 Å². The summed E-state index contributed by atoms with van der Waals surface area (Å²) >= 11 is 0. The summed E-state index contributed by atoms with van der Waals surface area (Å²) in [5.41, 5.74) is 3.66. The van der Waals surface area contributed by atoms with Gasteiger partial charge in [0.1, 0.15) is 11.4 Å². The minimum Gasteiger partial charge on any atom is -0.493 e. The van der Waals surface area contributed by atoms with Gasteiger partial charge in [-0.1, -0.05) is 38.0 Å². The predicted molar refractivity (Wildman–Crippen MR) is 166 cm³/mol. The van der Waals surface area contributed by atoms with Crippen LogP contribution in [0.1, 0.15) is 65.3 Å². The van der Waals surface area contributed by atoms with Crippen molar-refractivity contribution in [1.82, 2.24) is 25.2 Å². The lowest BCUT2D eigenvalue weighted by molar-refractivity contribution is 0.0684. The topological polar surface area (TPSA) is 141 Å². The zero-order chi connectivity index (χ0) is 30.9. The Labute approximate surface area is 258 Å². The number of nitrogens with zero attached hydrogens (tertiary/aromatic N) is 4. The van der Waals surface area contributed by atoms with Crippen molar-refractivity contribution >= 4 is 16.9 Å². The smallest absolute Gasteiger partial charge is 0.352 e. The molecular weight excluding hydrogens is 574 g/mol. The molecule has 45 heavy (non-hydrogen) atoms. The second-order valence-electron chi connectivity index (χ2n) is 11.6. The van der Waals surface area contributed by atoms with Gasteiger partial charge in [0, 0.05) is 29.5 Å². The van der Waals surface area contributed by atoms with Gasteiger partial charge in [-0.2, -0.15) is 5.21 Å². The number of hydrogen-bond acceptors (Lipinski definition) is 8. The third-order valence-electron chi connectivity index (χ3n) is 8.81. The second kappa shape index (κ2) is 12.1. The van der Waals surface area contributed by atoms with Crippen LogP contribution in [0.3, 0.4) is 0 Å². The third-order valence-corrected chi connectivity index (χ3v) is 8.81. The number of rotatable bonds is 10. The maximum absolute atomic E-state index is 14.3. The van der Waals surface area contributed by atoms with Gasteiger partial charge in [-0.05, 0) is 83.5 Å². The van der Waals surface area contributed by atoms with E-state index in [1.165, 1.54) is 12.8 Å². The molecule has 2 aliphatic rings. The summed E-state index contributed by atoms with van der Waals surface area (Å²) < 4.78 is 19.2. The standard InChI is InChI=1S/C34H33N5O6/c1-2-22-14-29-30(45-19-44-29)15-24(22)17-39-28-11-10-25(43-18-20-6-3-4-7-20)16-26(28)32(40)27(31(39)34(41)42)13-21-8-5-9-23(12-21)33-35-37-38-36-33/h5,8-12,14-16,20H,2-4,6-7,13,17-19H2,1H3,(H,41,42)(H,35,36,37,38). The predicted octanol–water partition coefficient (Wildman–Crippen LogP) is 5.38. The first-order valence-electron chi connectivity index (χ1n) is 15.3. The number of nitrogens with one attached hydrogen (secondary N) is 1. The van der Waals surface area contributed by atoms with Crippen molar-refractivity contribution in [1.29, 1.82) is 0 Å². The molecule has 3 heterocycles. The lowest BCUT2D eigenvalue weighted by atomic mass is 9.97. The summed E-state index contributed by atoms with van der Waals surface area (Å²) in [6.45, 7) is 2.99. The van der Waals surface area contributed by atoms with Crippen molar-refractivity contribution in [3.8, 4) is 28.6 Å². The van der Waals surface area contributed by atoms with Gasteiger partial charge in [0.2, 0.25) is 12.6 Å². The van der Waals surface area contributed by atoms with Crippen LogP contribution in [-0.2, 0) is 19.4 Å². The van der Waals surface area contributed by atoms with Gasteiger partial charge in [-0.3, -0.25) is 4.79 Å². The number of carboxylic acids is 1. The number of carboxylic acid groups (broad SMARTS) is 1. The fraction of sp³-hybridized carbons (Fsp3) is 0.324. The normalized spacial score (nSPS) is 14.3. The maximum atomic E-state index is 14.3. The van der Waals surface area contributed by atoms with E-state index in [4.69, 9.17) is 14.2 Å². The number of aromatic nitrogens is 5. The molecular formula is C34H33N5O6. The third kappa shape index (κ3) is 5.61. The highest BCUT2D eigenvalue weighted by Gasteiger charge is 2.25. The van der Waals surface area contributed by atoms with Crippen LogP contribution in [0.4, 0.5) is 0 Å². The van der Waals surface area contributed by atoms with E-state index < -0.39 is 5.97 Å². The average molecular weight is 608 g/mol. The van der Waals surface area contributed by atoms with Crippen LogP contribution in [0, 0.1) is 5.92 Å². The highest BCUT2D eigenvalue weighted by molar-refractivity contribution is 5.93. The van der Waals surface area contributed by atoms with Gasteiger partial charge in [0.05, 0.1) is 12.1 Å². The first-order valence-corrected chi connectivity index (χ1v) is 15.3. The van der Waals surface area contributed by atoms with E-state index in [0.29, 0.717) is 58.5 Å². The number of tetrazole rings is 1. The van der Waals surface area contributed by atoms with Crippen LogP contribution < -0.4 is 19.6 Å². The summed E-state index contributed by atoms with van der Waals surface area (Å²) in [5.74, 6) is 1.62. The zero-order valence-electron chi connectivity index (χ0n) is 24.9. The van der Waals surface area contributed by atoms with E-state index >= 15 is 0 Å². The van der Waals surface area contributed by atoms with Crippen molar-refractivity contribution < 1.29 is 24.1 Å². The Hall–Kier alpha value is -5.19. The van der Waals surface area contributed by atoms with Gasteiger partial charge < -0.3 is 23.9 Å². The number of carbonyl (C=O) groups is 1. The highest BCUT2D eigenvalue weighted by atomic mass is 16.7. The van der Waals surface area contributed by atoms with Crippen LogP contribution in [0.25, 0.3) is 22.3 Å². The first-order chi connectivity index (χ1) is 22.0. The van der Waals surface area contributed by atoms with E-state index in [2.05, 4.69) is 20.6 Å². The SMILES string of the molecule is CCc1cc2c(cc1Cn1c(C(=O)O)c(Cc3cccc(-c4nn[nH]n4)c3)c(=O)c3cc(OCC4CCCC4)ccc31)OCO2. The number of pyridine rings is 1. The van der Waals surface area contributed by atoms with Crippen molar-refractivity contribution in [2.24, 2.45) is 5.92 Å². The summed E-state index contributed by atoms with van der Waals surface area (Å²) in [6, 6.07) is 16.6. The Morgan fingerprint density at radius 2 is 1.87 bits per heavy atom. The molecule has 2 aromatic heterocycles. The molecule has 0 atom stereocenters. The van der Waals surface area contributed by atoms with E-state index in [0.717, 1.165) is 29.5 Å². The molecule has 0 spiro atoms. The van der Waals surface area contributed by atoms with Crippen LogP contribution in [-0.4, -0.2) is 49.7 Å². The minimum atomic E-state index is -1.18. The van der Waals surface area contributed by atoms with E-state index in [1.807, 2.05) is 49.4 Å². The highest BCUT2D eigenvalue weighted by Crippen LogP contribution is 2.36. The fourth-order valence-electron chi connectivity index (χ4n) is 6.52. The van der Waals surface area contributed by atoms with Crippen LogP contribution in [0.2, 0.25) is 0 Å². The average Bonchev–Trinajstić information content (AvgIpc) is 3.85. The van der Waals surface area contributed by atoms with E-state index in [-0.39, 0.29) is 36.4 Å². The van der Waals surface area contributed by atoms with Crippen LogP contribution in [0.15, 0.2) is 59.4 Å². The van der Waals surface area contributed by atoms with Gasteiger partial charge >= 0.3 is 5.97 Å². The molecule has 1 aliphatic carbocycles. The molecule has 1 fully saturated rings. The number of fused-ring (bicyclic) bond motifs is 2. The molecule has 0 radical (unpaired) electrons. The number of hydrogen-bond donors (Lipinski definition) is 2. The van der Waals surface area contributed by atoms with Crippen molar-refractivity contribution in [3.05, 3.63) is 92.8 Å². The molecule has 2 N–H and O–H groups in total. The zero-order valence-corrected chi connectivity index (χ0v) is 24.9. The minimum absolute atomic E-state index is 0.0585. The first kappa shape index (κ1) is 28.6. The lowest BCUT2D eigenvalue weighted by Crippen LogP contribution is -2.25. The molecule has 1 aliphatic heterocycles. The molecule has 5 aromatic rings. The molecule has 0 bridgehead atoms. The summed E-state index contributed by atoms with van der Waals surface area (Å²) in [7, 11) is 0. The molecule has 7 rings (SSSR count). The summed E-state index contributed by atoms with van der Waals surface area (Å²) in [4.78, 5) is 27.3. The summed E-state index contributed by atoms with van der Waals surface area (Å²) in [5, 5.41) is 25.3. The molecule has 0 unspecified atom stereocenters. The van der Waals surface area contributed by atoms with Crippen LogP contribution in [0.5, 0.6) is 17.2 Å². The van der Waals surface area contributed by atoms with Crippen LogP contribution >= 0.6 is 0 Å². The Kier molecular flexibility index (Phi) is 7.66. The molecule has 0 saturated heterocycles. The van der Waals surface area contributed by atoms with Gasteiger partial charge in [-0.25, -0.2) is 4.79 Å². The van der Waals surface area contributed by atoms with Gasteiger partial charge in [0.15, 0.2) is 16.9 Å². The Morgan fingerprint density at radius 3 is 2.60 bits per heavy atom. The number of benzene rings is 3. The Morgan fingerprint density at radius 1 is 1.07 bits per heavy atom. The fourth-order valence-corrected chi connectivity index (χ4v) is 6.52. The summed E-state index contributed by atoms with van der Waals surface area (Å²) in [6.07, 6.45) is 5.52. The second-order valence-corrected chi connectivity index (χ2v) is 11.6. The number of aryl methyl sites for hydroxylation is 1. The molecule has 11 heteroatoms.